The van der Waals surface area contributed by atoms with Crippen molar-refractivity contribution in [2.24, 2.45) is 0 Å². The van der Waals surface area contributed by atoms with E-state index in [2.05, 4.69) is 4.90 Å². The summed E-state index contributed by atoms with van der Waals surface area (Å²) in [6.45, 7) is 5.40. The molecule has 1 unspecified atom stereocenters. The highest BCUT2D eigenvalue weighted by molar-refractivity contribution is 5.80. The van der Waals surface area contributed by atoms with E-state index < -0.39 is 6.10 Å². The number of hydrogen-bond donors (Lipinski definition) is 2. The molecule has 1 aliphatic rings. The average molecular weight is 278 g/mol. The molecule has 2 rings (SSSR count). The molecule has 1 heterocycles. The van der Waals surface area contributed by atoms with Gasteiger partial charge in [0.1, 0.15) is 6.10 Å². The highest BCUT2D eigenvalue weighted by Gasteiger charge is 2.23. The number of rotatable bonds is 4. The van der Waals surface area contributed by atoms with Gasteiger partial charge in [0.25, 0.3) is 5.91 Å². The molecule has 1 aliphatic heterocycles. The van der Waals surface area contributed by atoms with Crippen LogP contribution in [0.15, 0.2) is 24.3 Å². The third-order valence-electron chi connectivity index (χ3n) is 3.65. The Morgan fingerprint density at radius 1 is 1.15 bits per heavy atom. The van der Waals surface area contributed by atoms with Gasteiger partial charge in [-0.2, -0.15) is 0 Å². The van der Waals surface area contributed by atoms with Crippen LogP contribution in [0.5, 0.6) is 0 Å². The Balaban J connectivity index is 1.83. The van der Waals surface area contributed by atoms with E-state index in [1.54, 1.807) is 4.90 Å². The third-order valence-corrected chi connectivity index (χ3v) is 3.65. The van der Waals surface area contributed by atoms with Gasteiger partial charge in [-0.3, -0.25) is 9.69 Å². The van der Waals surface area contributed by atoms with Crippen molar-refractivity contribution in [3.05, 3.63) is 35.4 Å². The lowest BCUT2D eigenvalue weighted by atomic mass is 10.1. The minimum absolute atomic E-state index is 0.0699. The van der Waals surface area contributed by atoms with E-state index in [0.717, 1.165) is 25.2 Å². The first-order valence-corrected chi connectivity index (χ1v) is 6.98. The van der Waals surface area contributed by atoms with Crippen LogP contribution in [-0.4, -0.2) is 58.2 Å². The molecule has 1 aromatic rings. The fourth-order valence-corrected chi connectivity index (χ4v) is 2.40. The molecule has 0 bridgehead atoms. The Morgan fingerprint density at radius 3 is 2.20 bits per heavy atom. The summed E-state index contributed by atoms with van der Waals surface area (Å²) in [5.74, 6) is -0.183. The van der Waals surface area contributed by atoms with Crippen LogP contribution in [0.3, 0.4) is 0 Å². The molecule has 1 saturated heterocycles. The summed E-state index contributed by atoms with van der Waals surface area (Å²) in [6.07, 6.45) is -0.910. The molecule has 0 spiro atoms. The molecule has 0 saturated carbocycles. The highest BCUT2D eigenvalue weighted by Crippen LogP contribution is 2.11. The minimum Gasteiger partial charge on any atom is -0.392 e. The summed E-state index contributed by atoms with van der Waals surface area (Å²) >= 11 is 0. The van der Waals surface area contributed by atoms with E-state index in [0.29, 0.717) is 13.1 Å². The molecule has 20 heavy (non-hydrogen) atoms. The van der Waals surface area contributed by atoms with Crippen molar-refractivity contribution in [2.75, 3.05) is 26.2 Å². The summed E-state index contributed by atoms with van der Waals surface area (Å²) in [5.41, 5.74) is 2.12. The van der Waals surface area contributed by atoms with Crippen molar-refractivity contribution in [3.63, 3.8) is 0 Å². The van der Waals surface area contributed by atoms with Crippen molar-refractivity contribution in [1.29, 1.82) is 0 Å². The van der Waals surface area contributed by atoms with Gasteiger partial charge < -0.3 is 15.1 Å². The summed E-state index contributed by atoms with van der Waals surface area (Å²) in [6, 6.07) is 7.92. The standard InChI is InChI=1S/C15H22N2O3/c1-12(19)15(20)17-8-6-16(7-9-17)10-13-2-4-14(11-18)5-3-13/h2-5,12,18-19H,6-11H2,1H3. The van der Waals surface area contributed by atoms with E-state index in [4.69, 9.17) is 5.11 Å². The summed E-state index contributed by atoms with van der Waals surface area (Å²) < 4.78 is 0. The Morgan fingerprint density at radius 2 is 1.70 bits per heavy atom. The van der Waals surface area contributed by atoms with E-state index in [1.807, 2.05) is 24.3 Å². The normalized spacial score (nSPS) is 18.1. The number of amides is 1. The molecule has 1 fully saturated rings. The third kappa shape index (κ3) is 3.79. The van der Waals surface area contributed by atoms with Crippen molar-refractivity contribution in [1.82, 2.24) is 9.80 Å². The zero-order valence-corrected chi connectivity index (χ0v) is 11.8. The number of nitrogens with zero attached hydrogens (tertiary/aromatic N) is 2. The van der Waals surface area contributed by atoms with E-state index in [-0.39, 0.29) is 12.5 Å². The molecule has 1 atom stereocenters. The zero-order chi connectivity index (χ0) is 14.5. The Hall–Kier alpha value is -1.43. The monoisotopic (exact) mass is 278 g/mol. The topological polar surface area (TPSA) is 64.0 Å². The molecule has 5 nitrogen and oxygen atoms in total. The fraction of sp³-hybridized carbons (Fsp3) is 0.533. The number of piperazine rings is 1. The number of aliphatic hydroxyl groups excluding tert-OH is 2. The summed E-state index contributed by atoms with van der Waals surface area (Å²) in [5, 5.41) is 18.3. The second-order valence-electron chi connectivity index (χ2n) is 5.25. The molecule has 0 radical (unpaired) electrons. The lowest BCUT2D eigenvalue weighted by Crippen LogP contribution is -2.50. The quantitative estimate of drug-likeness (QED) is 0.826. The van der Waals surface area contributed by atoms with Crippen LogP contribution in [0, 0.1) is 0 Å². The minimum atomic E-state index is -0.910. The maximum Gasteiger partial charge on any atom is 0.251 e. The first kappa shape index (κ1) is 15.0. The Bertz CT molecular complexity index is 437. The maximum absolute atomic E-state index is 11.7. The second-order valence-corrected chi connectivity index (χ2v) is 5.25. The molecule has 0 aromatic heterocycles. The van der Waals surface area contributed by atoms with Crippen LogP contribution in [0.25, 0.3) is 0 Å². The van der Waals surface area contributed by atoms with Crippen LogP contribution >= 0.6 is 0 Å². The lowest BCUT2D eigenvalue weighted by molar-refractivity contribution is -0.141. The van der Waals surface area contributed by atoms with Gasteiger partial charge in [0, 0.05) is 32.7 Å². The summed E-state index contributed by atoms with van der Waals surface area (Å²) in [7, 11) is 0. The molecular weight excluding hydrogens is 256 g/mol. The smallest absolute Gasteiger partial charge is 0.251 e. The van der Waals surface area contributed by atoms with E-state index in [9.17, 15) is 9.90 Å². The van der Waals surface area contributed by atoms with Crippen LogP contribution in [-0.2, 0) is 17.9 Å². The van der Waals surface area contributed by atoms with Gasteiger partial charge in [0.2, 0.25) is 0 Å². The van der Waals surface area contributed by atoms with E-state index in [1.165, 1.54) is 12.5 Å². The zero-order valence-electron chi connectivity index (χ0n) is 11.8. The number of carbonyl (C=O) groups is 1. The number of benzene rings is 1. The lowest BCUT2D eigenvalue weighted by Gasteiger charge is -2.35. The molecule has 5 heteroatoms. The first-order chi connectivity index (χ1) is 9.60. The van der Waals surface area contributed by atoms with Gasteiger partial charge in [-0.25, -0.2) is 0 Å². The maximum atomic E-state index is 11.7. The second kappa shape index (κ2) is 6.83. The van der Waals surface area contributed by atoms with Gasteiger partial charge in [-0.15, -0.1) is 0 Å². The largest absolute Gasteiger partial charge is 0.392 e. The predicted octanol–water partition coefficient (Wildman–Crippen LogP) is 0.204. The SMILES string of the molecule is CC(O)C(=O)N1CCN(Cc2ccc(CO)cc2)CC1. The summed E-state index contributed by atoms with van der Waals surface area (Å²) in [4.78, 5) is 15.7. The number of hydrogen-bond acceptors (Lipinski definition) is 4. The van der Waals surface area contributed by atoms with Crippen molar-refractivity contribution < 1.29 is 15.0 Å². The molecule has 1 aromatic carbocycles. The van der Waals surface area contributed by atoms with Crippen LogP contribution < -0.4 is 0 Å². The van der Waals surface area contributed by atoms with Gasteiger partial charge in [-0.05, 0) is 18.1 Å². The van der Waals surface area contributed by atoms with Crippen molar-refractivity contribution in [3.8, 4) is 0 Å². The fourth-order valence-electron chi connectivity index (χ4n) is 2.40. The molecule has 2 N–H and O–H groups in total. The van der Waals surface area contributed by atoms with Gasteiger partial charge in [0.05, 0.1) is 6.61 Å². The molecular formula is C15H22N2O3. The highest BCUT2D eigenvalue weighted by atomic mass is 16.3. The van der Waals surface area contributed by atoms with Crippen LogP contribution in [0.1, 0.15) is 18.1 Å². The van der Waals surface area contributed by atoms with Crippen LogP contribution in [0.4, 0.5) is 0 Å². The molecule has 110 valence electrons. The Labute approximate surface area is 119 Å². The molecule has 1 amide bonds. The van der Waals surface area contributed by atoms with Crippen molar-refractivity contribution in [2.45, 2.75) is 26.2 Å². The number of aliphatic hydroxyl groups is 2. The number of carbonyl (C=O) groups excluding carboxylic acids is 1. The van der Waals surface area contributed by atoms with Gasteiger partial charge in [-0.1, -0.05) is 24.3 Å². The molecule has 0 aliphatic carbocycles. The average Bonchev–Trinajstić information content (AvgIpc) is 2.48. The van der Waals surface area contributed by atoms with Crippen molar-refractivity contribution >= 4 is 5.91 Å². The Kier molecular flexibility index (Phi) is 5.11. The first-order valence-electron chi connectivity index (χ1n) is 6.98. The van der Waals surface area contributed by atoms with Gasteiger partial charge in [0.15, 0.2) is 0 Å². The van der Waals surface area contributed by atoms with Crippen LogP contribution in [0.2, 0.25) is 0 Å². The van der Waals surface area contributed by atoms with E-state index >= 15 is 0 Å². The van der Waals surface area contributed by atoms with Gasteiger partial charge >= 0.3 is 0 Å². The predicted molar refractivity (Wildman–Crippen MR) is 75.9 cm³/mol.